The van der Waals surface area contributed by atoms with Crippen LogP contribution in [0.5, 0.6) is 0 Å². The minimum absolute atomic E-state index is 0.0200. The van der Waals surface area contributed by atoms with Gasteiger partial charge < -0.3 is 10.2 Å². The van der Waals surface area contributed by atoms with E-state index in [1.54, 1.807) is 40.3 Å². The largest absolute Gasteiger partial charge is 0.352 e. The van der Waals surface area contributed by atoms with Crippen molar-refractivity contribution in [3.8, 4) is 0 Å². The normalized spacial score (nSPS) is 17.0. The van der Waals surface area contributed by atoms with E-state index in [1.165, 1.54) is 0 Å². The van der Waals surface area contributed by atoms with Gasteiger partial charge in [-0.25, -0.2) is 9.50 Å². The van der Waals surface area contributed by atoms with Crippen molar-refractivity contribution >= 4 is 17.5 Å². The molecule has 1 aliphatic rings. The van der Waals surface area contributed by atoms with Gasteiger partial charge in [-0.15, -0.1) is 0 Å². The van der Waals surface area contributed by atoms with Crippen LogP contribution in [0.4, 0.5) is 0 Å². The Kier molecular flexibility index (Phi) is 4.30. The molecule has 1 aliphatic heterocycles. The van der Waals surface area contributed by atoms with Gasteiger partial charge in [0.2, 0.25) is 11.8 Å². The first kappa shape index (κ1) is 16.2. The third kappa shape index (κ3) is 3.26. The minimum atomic E-state index is -0.346. The van der Waals surface area contributed by atoms with E-state index in [2.05, 4.69) is 20.4 Å². The van der Waals surface area contributed by atoms with Gasteiger partial charge in [-0.1, -0.05) is 6.07 Å². The average molecular weight is 350 g/mol. The van der Waals surface area contributed by atoms with Crippen LogP contribution in [0.25, 0.3) is 5.65 Å². The number of rotatable bonds is 5. The highest BCUT2D eigenvalue weighted by molar-refractivity contribution is 5.89. The molecule has 1 fully saturated rings. The van der Waals surface area contributed by atoms with Gasteiger partial charge in [0, 0.05) is 43.7 Å². The topological polar surface area (TPSA) is 92.5 Å². The Hall–Kier alpha value is -3.29. The van der Waals surface area contributed by atoms with Gasteiger partial charge in [0.25, 0.3) is 0 Å². The van der Waals surface area contributed by atoms with Crippen molar-refractivity contribution in [1.82, 2.24) is 29.8 Å². The van der Waals surface area contributed by atoms with Crippen LogP contribution >= 0.6 is 0 Å². The minimum Gasteiger partial charge on any atom is -0.352 e. The van der Waals surface area contributed by atoms with Crippen LogP contribution in [0.3, 0.4) is 0 Å². The average Bonchev–Trinajstić information content (AvgIpc) is 3.24. The number of fused-ring (bicyclic) bond motifs is 1. The Morgan fingerprint density at radius 3 is 2.96 bits per heavy atom. The molecule has 3 aromatic heterocycles. The maximum absolute atomic E-state index is 12.5. The van der Waals surface area contributed by atoms with Gasteiger partial charge in [0.1, 0.15) is 0 Å². The summed E-state index contributed by atoms with van der Waals surface area (Å²) in [5, 5.41) is 7.10. The van der Waals surface area contributed by atoms with E-state index in [0.29, 0.717) is 25.3 Å². The van der Waals surface area contributed by atoms with Crippen LogP contribution in [0, 0.1) is 5.92 Å². The summed E-state index contributed by atoms with van der Waals surface area (Å²) >= 11 is 0. The molecule has 1 saturated heterocycles. The third-order valence-electron chi connectivity index (χ3n) is 4.47. The van der Waals surface area contributed by atoms with Crippen LogP contribution in [-0.4, -0.2) is 42.8 Å². The molecule has 2 amide bonds. The molecule has 0 bridgehead atoms. The third-order valence-corrected chi connectivity index (χ3v) is 4.47. The number of carbonyl (C=O) groups excluding carboxylic acids is 2. The summed E-state index contributed by atoms with van der Waals surface area (Å²) in [7, 11) is 0. The van der Waals surface area contributed by atoms with Crippen LogP contribution in [0.15, 0.2) is 49.1 Å². The molecule has 0 spiro atoms. The molecular formula is C18H18N6O2. The van der Waals surface area contributed by atoms with E-state index >= 15 is 0 Å². The number of aromatic nitrogens is 4. The lowest BCUT2D eigenvalue weighted by atomic mass is 10.1. The summed E-state index contributed by atoms with van der Waals surface area (Å²) in [4.78, 5) is 34.8. The van der Waals surface area contributed by atoms with Gasteiger partial charge in [-0.2, -0.15) is 5.10 Å². The van der Waals surface area contributed by atoms with Crippen molar-refractivity contribution in [1.29, 1.82) is 0 Å². The van der Waals surface area contributed by atoms with E-state index in [4.69, 9.17) is 0 Å². The molecule has 26 heavy (non-hydrogen) atoms. The molecule has 0 radical (unpaired) electrons. The van der Waals surface area contributed by atoms with E-state index in [0.717, 1.165) is 11.3 Å². The maximum atomic E-state index is 12.5. The Morgan fingerprint density at radius 2 is 2.12 bits per heavy atom. The summed E-state index contributed by atoms with van der Waals surface area (Å²) in [5.41, 5.74) is 2.38. The number of likely N-dealkylation sites (tertiary alicyclic amines) is 1. The first-order valence-corrected chi connectivity index (χ1v) is 8.43. The number of amides is 2. The molecular weight excluding hydrogens is 332 g/mol. The van der Waals surface area contributed by atoms with E-state index in [-0.39, 0.29) is 24.2 Å². The number of hydrogen-bond donors (Lipinski definition) is 1. The molecule has 4 heterocycles. The number of hydrogen-bond acceptors (Lipinski definition) is 5. The quantitative estimate of drug-likeness (QED) is 0.734. The van der Waals surface area contributed by atoms with Crippen molar-refractivity contribution in [2.24, 2.45) is 5.92 Å². The first-order valence-electron chi connectivity index (χ1n) is 8.43. The van der Waals surface area contributed by atoms with Crippen molar-refractivity contribution < 1.29 is 9.59 Å². The second-order valence-corrected chi connectivity index (χ2v) is 6.27. The smallest absolute Gasteiger partial charge is 0.225 e. The molecule has 8 nitrogen and oxygen atoms in total. The Balaban J connectivity index is 1.36. The summed E-state index contributed by atoms with van der Waals surface area (Å²) in [6.45, 7) is 1.18. The highest BCUT2D eigenvalue weighted by atomic mass is 16.2. The monoisotopic (exact) mass is 350 g/mol. The fourth-order valence-electron chi connectivity index (χ4n) is 3.12. The van der Waals surface area contributed by atoms with Gasteiger partial charge in [-0.05, 0) is 18.2 Å². The highest BCUT2D eigenvalue weighted by Crippen LogP contribution is 2.20. The second-order valence-electron chi connectivity index (χ2n) is 6.27. The summed E-state index contributed by atoms with van der Waals surface area (Å²) < 4.78 is 1.66. The van der Waals surface area contributed by atoms with E-state index in [1.807, 2.05) is 18.2 Å². The number of nitrogens with one attached hydrogen (secondary N) is 1. The fraction of sp³-hybridized carbons (Fsp3) is 0.278. The van der Waals surface area contributed by atoms with Crippen molar-refractivity contribution in [3.05, 3.63) is 60.3 Å². The molecule has 0 aromatic carbocycles. The number of pyridine rings is 1. The Bertz CT molecular complexity index is 939. The molecule has 3 aromatic rings. The van der Waals surface area contributed by atoms with Crippen LogP contribution in [-0.2, 0) is 22.7 Å². The summed E-state index contributed by atoms with van der Waals surface area (Å²) in [5.74, 6) is -0.494. The Labute approximate surface area is 149 Å². The van der Waals surface area contributed by atoms with E-state index < -0.39 is 0 Å². The molecule has 8 heteroatoms. The number of carbonyl (C=O) groups is 2. The fourth-order valence-corrected chi connectivity index (χ4v) is 3.12. The molecule has 132 valence electrons. The SMILES string of the molecule is O=C(NCc1cnn2cccnc12)[C@H]1CC(=O)N(Cc2ccccn2)C1. The lowest BCUT2D eigenvalue weighted by Gasteiger charge is -2.16. The van der Waals surface area contributed by atoms with Gasteiger partial charge >= 0.3 is 0 Å². The van der Waals surface area contributed by atoms with Gasteiger partial charge in [0.15, 0.2) is 5.65 Å². The maximum Gasteiger partial charge on any atom is 0.225 e. The van der Waals surface area contributed by atoms with Crippen LogP contribution in [0.2, 0.25) is 0 Å². The lowest BCUT2D eigenvalue weighted by Crippen LogP contribution is -2.32. The van der Waals surface area contributed by atoms with Gasteiger partial charge in [-0.3, -0.25) is 14.6 Å². The molecule has 0 aliphatic carbocycles. The zero-order valence-corrected chi connectivity index (χ0v) is 14.1. The molecule has 4 rings (SSSR count). The predicted octanol–water partition coefficient (Wildman–Crippen LogP) is 0.789. The second kappa shape index (κ2) is 6.91. The summed E-state index contributed by atoms with van der Waals surface area (Å²) in [6, 6.07) is 7.39. The molecule has 0 unspecified atom stereocenters. The molecule has 1 N–H and O–H groups in total. The van der Waals surface area contributed by atoms with Crippen molar-refractivity contribution in [2.45, 2.75) is 19.5 Å². The zero-order chi connectivity index (χ0) is 17.9. The van der Waals surface area contributed by atoms with Crippen LogP contribution < -0.4 is 5.32 Å². The number of nitrogens with zero attached hydrogens (tertiary/aromatic N) is 5. The molecule has 0 saturated carbocycles. The van der Waals surface area contributed by atoms with Crippen molar-refractivity contribution in [2.75, 3.05) is 6.54 Å². The Morgan fingerprint density at radius 1 is 1.23 bits per heavy atom. The summed E-state index contributed by atoms with van der Waals surface area (Å²) in [6.07, 6.45) is 7.11. The highest BCUT2D eigenvalue weighted by Gasteiger charge is 2.34. The first-order chi connectivity index (χ1) is 12.7. The standard InChI is InChI=1S/C18H18N6O2/c25-16-8-13(11-23(16)12-15-4-1-2-5-19-15)18(26)21-9-14-10-22-24-7-3-6-20-17(14)24/h1-7,10,13H,8-9,11-12H2,(H,21,26)/t13-/m0/s1. The zero-order valence-electron chi connectivity index (χ0n) is 14.1. The predicted molar refractivity (Wildman–Crippen MR) is 92.6 cm³/mol. The lowest BCUT2D eigenvalue weighted by molar-refractivity contribution is -0.129. The molecule has 1 atom stereocenters. The van der Waals surface area contributed by atoms with E-state index in [9.17, 15) is 9.59 Å². The van der Waals surface area contributed by atoms with Crippen LogP contribution in [0.1, 0.15) is 17.7 Å². The van der Waals surface area contributed by atoms with Crippen molar-refractivity contribution in [3.63, 3.8) is 0 Å². The van der Waals surface area contributed by atoms with Gasteiger partial charge in [0.05, 0.1) is 24.4 Å².